The molecule has 106 valence electrons. The van der Waals surface area contributed by atoms with Gasteiger partial charge in [-0.05, 0) is 50.3 Å². The van der Waals surface area contributed by atoms with E-state index in [1.807, 2.05) is 19.2 Å². The molecular weight excluding hydrogens is 258 g/mol. The Hall–Kier alpha value is -0.570. The third-order valence-electron chi connectivity index (χ3n) is 3.90. The maximum atomic E-state index is 6.31. The Kier molecular flexibility index (Phi) is 6.15. The Bertz CT molecular complexity index is 377. The normalized spacial score (nSPS) is 20.6. The Balaban J connectivity index is 1.87. The fourth-order valence-corrected chi connectivity index (χ4v) is 3.17. The molecule has 0 radical (unpaired) electrons. The zero-order chi connectivity index (χ0) is 13.5. The predicted molar refractivity (Wildman–Crippen MR) is 80.9 cm³/mol. The summed E-state index contributed by atoms with van der Waals surface area (Å²) in [6.45, 7) is 1.93. The highest BCUT2D eigenvalue weighted by Gasteiger charge is 2.17. The van der Waals surface area contributed by atoms with E-state index in [1.54, 1.807) is 0 Å². The Morgan fingerprint density at radius 3 is 2.95 bits per heavy atom. The SMILES string of the molecule is CNCC(CCCC1CCCO1)c1ccccc1Cl. The number of ether oxygens (including phenoxy) is 1. The van der Waals surface area contributed by atoms with E-state index >= 15 is 0 Å². The highest BCUT2D eigenvalue weighted by molar-refractivity contribution is 6.31. The van der Waals surface area contributed by atoms with Crippen LogP contribution >= 0.6 is 11.6 Å². The number of hydrogen-bond acceptors (Lipinski definition) is 2. The summed E-state index contributed by atoms with van der Waals surface area (Å²) in [5, 5.41) is 4.17. The molecule has 0 aromatic heterocycles. The van der Waals surface area contributed by atoms with Gasteiger partial charge >= 0.3 is 0 Å². The summed E-state index contributed by atoms with van der Waals surface area (Å²) in [5.41, 5.74) is 1.27. The van der Waals surface area contributed by atoms with Crippen molar-refractivity contribution in [3.8, 4) is 0 Å². The smallest absolute Gasteiger partial charge is 0.0576 e. The van der Waals surface area contributed by atoms with Gasteiger partial charge in [0.05, 0.1) is 6.10 Å². The van der Waals surface area contributed by atoms with E-state index in [0.29, 0.717) is 12.0 Å². The predicted octanol–water partition coefficient (Wildman–Crippen LogP) is 3.99. The minimum atomic E-state index is 0.500. The first-order valence-electron chi connectivity index (χ1n) is 7.32. The van der Waals surface area contributed by atoms with Crippen LogP contribution in [0, 0.1) is 0 Å². The van der Waals surface area contributed by atoms with Gasteiger partial charge in [0.15, 0.2) is 0 Å². The lowest BCUT2D eigenvalue weighted by Crippen LogP contribution is -2.18. The molecule has 1 saturated heterocycles. The molecule has 2 atom stereocenters. The molecule has 2 rings (SSSR count). The summed E-state index contributed by atoms with van der Waals surface area (Å²) in [7, 11) is 2.00. The van der Waals surface area contributed by atoms with Crippen LogP contribution < -0.4 is 5.32 Å². The quantitative estimate of drug-likeness (QED) is 0.816. The highest BCUT2D eigenvalue weighted by atomic mass is 35.5. The molecule has 0 spiro atoms. The van der Waals surface area contributed by atoms with Crippen LogP contribution in [0.25, 0.3) is 0 Å². The molecule has 0 amide bonds. The van der Waals surface area contributed by atoms with Crippen LogP contribution in [0.5, 0.6) is 0 Å². The number of nitrogens with one attached hydrogen (secondary N) is 1. The second-order valence-electron chi connectivity index (χ2n) is 5.34. The first-order valence-corrected chi connectivity index (χ1v) is 7.69. The second-order valence-corrected chi connectivity index (χ2v) is 5.75. The fourth-order valence-electron chi connectivity index (χ4n) is 2.88. The Morgan fingerprint density at radius 2 is 2.26 bits per heavy atom. The molecule has 0 aliphatic carbocycles. The van der Waals surface area contributed by atoms with E-state index in [-0.39, 0.29) is 0 Å². The number of halogens is 1. The van der Waals surface area contributed by atoms with Gasteiger partial charge in [-0.15, -0.1) is 0 Å². The number of rotatable bonds is 7. The lowest BCUT2D eigenvalue weighted by molar-refractivity contribution is 0.101. The Morgan fingerprint density at radius 1 is 1.42 bits per heavy atom. The van der Waals surface area contributed by atoms with Crippen molar-refractivity contribution >= 4 is 11.6 Å². The van der Waals surface area contributed by atoms with E-state index < -0.39 is 0 Å². The second kappa shape index (κ2) is 7.88. The number of benzene rings is 1. The van der Waals surface area contributed by atoms with E-state index in [9.17, 15) is 0 Å². The van der Waals surface area contributed by atoms with Crippen LogP contribution in [0.4, 0.5) is 0 Å². The summed E-state index contributed by atoms with van der Waals surface area (Å²) in [6, 6.07) is 8.20. The summed E-state index contributed by atoms with van der Waals surface area (Å²) >= 11 is 6.31. The first kappa shape index (κ1) is 14.8. The molecule has 1 aromatic carbocycles. The summed E-state index contributed by atoms with van der Waals surface area (Å²) in [5.74, 6) is 0.500. The van der Waals surface area contributed by atoms with Crippen LogP contribution in [-0.2, 0) is 4.74 Å². The van der Waals surface area contributed by atoms with Crippen molar-refractivity contribution in [3.05, 3.63) is 34.9 Å². The lowest BCUT2D eigenvalue weighted by atomic mass is 9.92. The molecule has 19 heavy (non-hydrogen) atoms. The van der Waals surface area contributed by atoms with Gasteiger partial charge in [0, 0.05) is 18.2 Å². The summed E-state index contributed by atoms with van der Waals surface area (Å²) in [4.78, 5) is 0. The Labute approximate surface area is 121 Å². The molecule has 0 bridgehead atoms. The van der Waals surface area contributed by atoms with Gasteiger partial charge in [-0.3, -0.25) is 0 Å². The average molecular weight is 282 g/mol. The molecule has 2 unspecified atom stereocenters. The van der Waals surface area contributed by atoms with Crippen molar-refractivity contribution in [2.45, 2.75) is 44.1 Å². The van der Waals surface area contributed by atoms with Crippen LogP contribution in [0.2, 0.25) is 5.02 Å². The van der Waals surface area contributed by atoms with Gasteiger partial charge in [0.1, 0.15) is 0 Å². The lowest BCUT2D eigenvalue weighted by Gasteiger charge is -2.19. The van der Waals surface area contributed by atoms with Gasteiger partial charge in [-0.2, -0.15) is 0 Å². The van der Waals surface area contributed by atoms with E-state index in [1.165, 1.54) is 37.7 Å². The molecule has 1 aliphatic heterocycles. The van der Waals surface area contributed by atoms with Gasteiger partial charge in [-0.1, -0.05) is 36.2 Å². The summed E-state index contributed by atoms with van der Waals surface area (Å²) in [6.07, 6.45) is 6.54. The standard InChI is InChI=1S/C16H24ClNO/c1-18-12-13(15-9-2-3-10-16(15)17)6-4-7-14-8-5-11-19-14/h2-3,9-10,13-14,18H,4-8,11-12H2,1H3. The van der Waals surface area contributed by atoms with Crippen LogP contribution in [0.3, 0.4) is 0 Å². The highest BCUT2D eigenvalue weighted by Crippen LogP contribution is 2.29. The van der Waals surface area contributed by atoms with Crippen molar-refractivity contribution in [2.24, 2.45) is 0 Å². The molecular formula is C16H24ClNO. The number of likely N-dealkylation sites (N-methyl/N-ethyl adjacent to an activating group) is 1. The zero-order valence-electron chi connectivity index (χ0n) is 11.7. The molecule has 1 aromatic rings. The molecule has 3 heteroatoms. The number of hydrogen-bond donors (Lipinski definition) is 1. The third-order valence-corrected chi connectivity index (χ3v) is 4.24. The topological polar surface area (TPSA) is 21.3 Å². The molecule has 0 saturated carbocycles. The maximum absolute atomic E-state index is 6.31. The van der Waals surface area contributed by atoms with Gasteiger partial charge in [-0.25, -0.2) is 0 Å². The van der Waals surface area contributed by atoms with Crippen LogP contribution in [0.1, 0.15) is 43.6 Å². The first-order chi connectivity index (χ1) is 9.31. The molecule has 1 fully saturated rings. The van der Waals surface area contributed by atoms with E-state index in [0.717, 1.165) is 18.2 Å². The van der Waals surface area contributed by atoms with E-state index in [4.69, 9.17) is 16.3 Å². The molecule has 1 heterocycles. The van der Waals surface area contributed by atoms with Crippen molar-refractivity contribution in [2.75, 3.05) is 20.2 Å². The van der Waals surface area contributed by atoms with Gasteiger partial charge < -0.3 is 10.1 Å². The maximum Gasteiger partial charge on any atom is 0.0576 e. The van der Waals surface area contributed by atoms with Crippen molar-refractivity contribution < 1.29 is 4.74 Å². The average Bonchev–Trinajstić information content (AvgIpc) is 2.92. The third kappa shape index (κ3) is 4.48. The van der Waals surface area contributed by atoms with Crippen molar-refractivity contribution in [3.63, 3.8) is 0 Å². The monoisotopic (exact) mass is 281 g/mol. The zero-order valence-corrected chi connectivity index (χ0v) is 12.5. The minimum Gasteiger partial charge on any atom is -0.378 e. The van der Waals surface area contributed by atoms with E-state index in [2.05, 4.69) is 17.4 Å². The molecule has 1 aliphatic rings. The molecule has 1 N–H and O–H groups in total. The largest absolute Gasteiger partial charge is 0.378 e. The van der Waals surface area contributed by atoms with Crippen molar-refractivity contribution in [1.29, 1.82) is 0 Å². The fraction of sp³-hybridized carbons (Fsp3) is 0.625. The van der Waals surface area contributed by atoms with Gasteiger partial charge in [0.25, 0.3) is 0 Å². The van der Waals surface area contributed by atoms with Crippen LogP contribution in [-0.4, -0.2) is 26.3 Å². The molecule has 2 nitrogen and oxygen atoms in total. The van der Waals surface area contributed by atoms with Crippen LogP contribution in [0.15, 0.2) is 24.3 Å². The van der Waals surface area contributed by atoms with Crippen molar-refractivity contribution in [1.82, 2.24) is 5.32 Å². The van der Waals surface area contributed by atoms with Gasteiger partial charge in [0.2, 0.25) is 0 Å². The minimum absolute atomic E-state index is 0.500. The summed E-state index contributed by atoms with van der Waals surface area (Å²) < 4.78 is 5.68.